The molecule has 0 rings (SSSR count). The highest BCUT2D eigenvalue weighted by Crippen LogP contribution is 2.54. The topological polar surface area (TPSA) is 35.5 Å². The number of hydrogen-bond donors (Lipinski definition) is 0. The summed E-state index contributed by atoms with van der Waals surface area (Å²) >= 11 is 0. The van der Waals surface area contributed by atoms with Crippen molar-refractivity contribution in [1.82, 2.24) is 0 Å². The highest BCUT2D eigenvalue weighted by atomic mass is 19.4. The average molecular weight is 370 g/mol. The van der Waals surface area contributed by atoms with Crippen LogP contribution in [0.25, 0.3) is 0 Å². The average Bonchev–Trinajstić information content (AvgIpc) is 2.32. The molecule has 14 heteroatoms. The predicted molar refractivity (Wildman–Crippen MR) is 48.1 cm³/mol. The Morgan fingerprint density at radius 3 is 1.65 bits per heavy atom. The number of rotatable bonds is 7. The van der Waals surface area contributed by atoms with Crippen molar-refractivity contribution < 1.29 is 62.6 Å². The van der Waals surface area contributed by atoms with E-state index in [1.165, 1.54) is 0 Å². The van der Waals surface area contributed by atoms with Gasteiger partial charge < -0.3 is 4.74 Å². The molecule has 0 aromatic rings. The summed E-state index contributed by atoms with van der Waals surface area (Å²) in [6.07, 6.45) is -19.4. The molecule has 0 aliphatic carbocycles. The summed E-state index contributed by atoms with van der Waals surface area (Å²) in [6, 6.07) is 0. The first kappa shape index (κ1) is 21.4. The number of carbonyl (C=O) groups is 1. The number of hydrogen-bond acceptors (Lipinski definition) is 3. The van der Waals surface area contributed by atoms with Gasteiger partial charge in [-0.1, -0.05) is 6.58 Å². The molecule has 0 saturated carbocycles. The van der Waals surface area contributed by atoms with Crippen molar-refractivity contribution in [3.63, 3.8) is 0 Å². The molecule has 0 atom stereocenters. The van der Waals surface area contributed by atoms with Crippen molar-refractivity contribution in [2.75, 3.05) is 6.61 Å². The number of carbonyl (C=O) groups excluding carboxylic acids is 1. The molecule has 0 unspecified atom stereocenters. The summed E-state index contributed by atoms with van der Waals surface area (Å²) < 4.78 is 142. The Labute approximate surface area is 119 Å². The molecule has 0 aromatic heterocycles. The maximum Gasteiger partial charge on any atom is 0.460 e. The maximum atomic E-state index is 12.8. The fraction of sp³-hybridized carbons (Fsp3) is 0.667. The molecule has 3 nitrogen and oxygen atoms in total. The quantitative estimate of drug-likeness (QED) is 0.389. The van der Waals surface area contributed by atoms with Crippen LogP contribution in [0, 0.1) is 0 Å². The SMILES string of the molecule is C=CC(=O)OCC(F)(F)OC(F)(F)C(F)(F)C(F)(F)C(F)(F)F. The predicted octanol–water partition coefficient (Wildman–Crippen LogP) is 3.75. The zero-order valence-corrected chi connectivity index (χ0v) is 10.4. The standard InChI is InChI=1S/C9H5F11O3/c1-2-4(21)22-3-5(10,11)23-9(19,20)7(14,15)6(12,13)8(16,17)18/h2H,1,3H2. The number of alkyl halides is 11. The van der Waals surface area contributed by atoms with Gasteiger partial charge in [-0.05, 0) is 0 Å². The van der Waals surface area contributed by atoms with Gasteiger partial charge in [-0.25, -0.2) is 9.53 Å². The summed E-state index contributed by atoms with van der Waals surface area (Å²) in [4.78, 5) is 10.4. The zero-order chi connectivity index (χ0) is 18.9. The molecule has 23 heavy (non-hydrogen) atoms. The summed E-state index contributed by atoms with van der Waals surface area (Å²) in [6.45, 7) is 0.211. The van der Waals surface area contributed by atoms with E-state index < -0.39 is 42.8 Å². The van der Waals surface area contributed by atoms with E-state index in [-0.39, 0.29) is 6.08 Å². The fourth-order valence-corrected chi connectivity index (χ4v) is 0.856. The van der Waals surface area contributed by atoms with Crippen LogP contribution in [-0.2, 0) is 14.3 Å². The number of ether oxygens (including phenoxy) is 2. The minimum absolute atomic E-state index is 0.237. The summed E-state index contributed by atoms with van der Waals surface area (Å²) in [7, 11) is 0. The lowest BCUT2D eigenvalue weighted by atomic mass is 10.1. The first-order valence-corrected chi connectivity index (χ1v) is 4.98. The number of halogens is 11. The third-order valence-electron chi connectivity index (χ3n) is 1.94. The van der Waals surface area contributed by atoms with Gasteiger partial charge in [0.15, 0.2) is 6.61 Å². The van der Waals surface area contributed by atoms with Crippen molar-refractivity contribution in [2.24, 2.45) is 0 Å². The van der Waals surface area contributed by atoms with Crippen LogP contribution in [0.1, 0.15) is 0 Å². The van der Waals surface area contributed by atoms with E-state index >= 15 is 0 Å². The molecule has 0 radical (unpaired) electrons. The molecule has 0 amide bonds. The van der Waals surface area contributed by atoms with Gasteiger partial charge in [-0.3, -0.25) is 0 Å². The summed E-state index contributed by atoms with van der Waals surface area (Å²) in [5, 5.41) is 0. The van der Waals surface area contributed by atoms with Crippen LogP contribution in [-0.4, -0.2) is 42.8 Å². The normalized spacial score (nSPS) is 14.6. The van der Waals surface area contributed by atoms with Crippen LogP contribution in [0.3, 0.4) is 0 Å². The Morgan fingerprint density at radius 2 is 1.30 bits per heavy atom. The van der Waals surface area contributed by atoms with Gasteiger partial charge in [-0.15, -0.1) is 0 Å². The Hall–Kier alpha value is -1.60. The van der Waals surface area contributed by atoms with Crippen molar-refractivity contribution in [3.8, 4) is 0 Å². The molecule has 0 bridgehead atoms. The van der Waals surface area contributed by atoms with E-state index in [9.17, 15) is 53.1 Å². The van der Waals surface area contributed by atoms with Gasteiger partial charge in [-0.2, -0.15) is 48.3 Å². The first-order valence-electron chi connectivity index (χ1n) is 4.98. The molecular weight excluding hydrogens is 365 g/mol. The molecular formula is C9H5F11O3. The van der Waals surface area contributed by atoms with E-state index in [0.717, 1.165) is 0 Å². The van der Waals surface area contributed by atoms with Crippen LogP contribution >= 0.6 is 0 Å². The van der Waals surface area contributed by atoms with E-state index in [1.54, 1.807) is 0 Å². The van der Waals surface area contributed by atoms with E-state index in [2.05, 4.69) is 16.1 Å². The van der Waals surface area contributed by atoms with Crippen LogP contribution in [0.5, 0.6) is 0 Å². The van der Waals surface area contributed by atoms with Crippen molar-refractivity contribution in [3.05, 3.63) is 12.7 Å². The van der Waals surface area contributed by atoms with Gasteiger partial charge in [0, 0.05) is 6.08 Å². The van der Waals surface area contributed by atoms with Gasteiger partial charge in [0.2, 0.25) is 0 Å². The zero-order valence-electron chi connectivity index (χ0n) is 10.4. The van der Waals surface area contributed by atoms with Gasteiger partial charge in [0.05, 0.1) is 0 Å². The first-order chi connectivity index (χ1) is 9.91. The number of esters is 1. The van der Waals surface area contributed by atoms with E-state index in [4.69, 9.17) is 0 Å². The lowest BCUT2D eigenvalue weighted by Crippen LogP contribution is -2.63. The third kappa shape index (κ3) is 4.45. The van der Waals surface area contributed by atoms with Crippen LogP contribution in [0.4, 0.5) is 48.3 Å². The maximum absolute atomic E-state index is 12.8. The van der Waals surface area contributed by atoms with E-state index in [0.29, 0.717) is 0 Å². The molecule has 0 aromatic carbocycles. The van der Waals surface area contributed by atoms with Crippen molar-refractivity contribution in [1.29, 1.82) is 0 Å². The largest absolute Gasteiger partial charge is 0.460 e. The van der Waals surface area contributed by atoms with Gasteiger partial charge >= 0.3 is 36.2 Å². The van der Waals surface area contributed by atoms with Gasteiger partial charge in [0.1, 0.15) is 0 Å². The smallest absolute Gasteiger partial charge is 0.453 e. The second-order valence-corrected chi connectivity index (χ2v) is 3.71. The second kappa shape index (κ2) is 6.13. The van der Waals surface area contributed by atoms with Crippen molar-refractivity contribution in [2.45, 2.75) is 30.2 Å². The van der Waals surface area contributed by atoms with Gasteiger partial charge in [0.25, 0.3) is 0 Å². The molecule has 0 spiro atoms. The van der Waals surface area contributed by atoms with Crippen LogP contribution in [0.2, 0.25) is 0 Å². The summed E-state index contributed by atoms with van der Waals surface area (Å²) in [5.41, 5.74) is 0. The molecule has 0 saturated heterocycles. The molecule has 0 fully saturated rings. The Balaban J connectivity index is 5.38. The molecule has 0 aliphatic heterocycles. The molecule has 0 heterocycles. The fourth-order valence-electron chi connectivity index (χ4n) is 0.856. The van der Waals surface area contributed by atoms with Crippen LogP contribution in [0.15, 0.2) is 12.7 Å². The Kier molecular flexibility index (Phi) is 5.70. The highest BCUT2D eigenvalue weighted by Gasteiger charge is 2.83. The Bertz CT molecular complexity index is 454. The molecule has 136 valence electrons. The van der Waals surface area contributed by atoms with E-state index in [1.807, 2.05) is 0 Å². The lowest BCUT2D eigenvalue weighted by Gasteiger charge is -2.34. The minimum atomic E-state index is -7.39. The highest BCUT2D eigenvalue weighted by molar-refractivity contribution is 5.81. The second-order valence-electron chi connectivity index (χ2n) is 3.71. The third-order valence-corrected chi connectivity index (χ3v) is 1.94. The molecule has 0 aliphatic rings. The molecule has 0 N–H and O–H groups in total. The Morgan fingerprint density at radius 1 is 0.870 bits per heavy atom. The lowest BCUT2D eigenvalue weighted by molar-refractivity contribution is -0.483. The van der Waals surface area contributed by atoms with Crippen LogP contribution < -0.4 is 0 Å². The minimum Gasteiger partial charge on any atom is -0.453 e. The van der Waals surface area contributed by atoms with Crippen molar-refractivity contribution >= 4 is 5.97 Å². The summed E-state index contributed by atoms with van der Waals surface area (Å²) in [5.74, 6) is -16.4. The monoisotopic (exact) mass is 370 g/mol.